The van der Waals surface area contributed by atoms with E-state index in [-0.39, 0.29) is 42.9 Å². The molecular formula is C31H50N4O5. The molecule has 1 aromatic rings. The summed E-state index contributed by atoms with van der Waals surface area (Å²) in [6.07, 6.45) is 7.05. The quantitative estimate of drug-likeness (QED) is 0.456. The van der Waals surface area contributed by atoms with Crippen LogP contribution in [0.5, 0.6) is 5.75 Å². The third kappa shape index (κ3) is 8.90. The summed E-state index contributed by atoms with van der Waals surface area (Å²) in [5.41, 5.74) is 1.43. The van der Waals surface area contributed by atoms with Crippen LogP contribution in [0.3, 0.4) is 0 Å². The highest BCUT2D eigenvalue weighted by Gasteiger charge is 2.31. The number of anilines is 1. The first kappa shape index (κ1) is 30.8. The molecule has 3 aliphatic rings. The minimum absolute atomic E-state index is 0.0368. The first-order chi connectivity index (χ1) is 19.3. The van der Waals surface area contributed by atoms with E-state index in [1.165, 1.54) is 32.1 Å². The molecule has 2 fully saturated rings. The maximum atomic E-state index is 13.5. The highest BCUT2D eigenvalue weighted by Crippen LogP contribution is 2.30. The average Bonchev–Trinajstić information content (AvgIpc) is 3.00. The third-order valence-electron chi connectivity index (χ3n) is 8.75. The second kappa shape index (κ2) is 15.1. The zero-order valence-corrected chi connectivity index (χ0v) is 24.8. The van der Waals surface area contributed by atoms with Crippen molar-refractivity contribution in [3.63, 3.8) is 0 Å². The molecule has 40 heavy (non-hydrogen) atoms. The monoisotopic (exact) mass is 558 g/mol. The SMILES string of the molecule is C[C@@H]1CN([C@H](C)CO)C(=O)Cc2cc(NC(=O)CCN3CCOCC3)ccc2O[C@H]1CN(C)CC1CCCCC1. The number of morpholine rings is 1. The first-order valence-electron chi connectivity index (χ1n) is 15.3. The minimum atomic E-state index is -0.278. The standard InChI is InChI=1S/C31H50N4O5/c1-23-19-35(24(2)22-36)31(38)18-26-17-27(32-30(37)11-12-34-13-15-39-16-14-34)9-10-28(26)40-29(23)21-33(3)20-25-7-5-4-6-8-25/h9-10,17,23-25,29,36H,4-8,11-16,18-22H2,1-3H3,(H,32,37)/t23-,24-,29+/m1/s1. The summed E-state index contributed by atoms with van der Waals surface area (Å²) in [7, 11) is 2.17. The van der Waals surface area contributed by atoms with E-state index in [1.807, 2.05) is 25.1 Å². The van der Waals surface area contributed by atoms with Crippen LogP contribution in [0, 0.1) is 11.8 Å². The molecule has 1 aromatic carbocycles. The topological polar surface area (TPSA) is 94.6 Å². The van der Waals surface area contributed by atoms with Gasteiger partial charge in [-0.15, -0.1) is 0 Å². The van der Waals surface area contributed by atoms with Crippen LogP contribution in [0.2, 0.25) is 0 Å². The molecule has 4 rings (SSSR count). The summed E-state index contributed by atoms with van der Waals surface area (Å²) >= 11 is 0. The Kier molecular flexibility index (Phi) is 11.6. The summed E-state index contributed by atoms with van der Waals surface area (Å²) in [6, 6.07) is 5.36. The summed E-state index contributed by atoms with van der Waals surface area (Å²) in [4.78, 5) is 32.6. The molecule has 3 atom stereocenters. The van der Waals surface area contributed by atoms with Crippen LogP contribution in [0.4, 0.5) is 5.69 Å². The number of nitrogens with zero attached hydrogens (tertiary/aromatic N) is 3. The van der Waals surface area contributed by atoms with Gasteiger partial charge >= 0.3 is 0 Å². The molecule has 0 spiro atoms. The Labute approximate surface area is 240 Å². The summed E-state index contributed by atoms with van der Waals surface area (Å²) < 4.78 is 12.1. The van der Waals surface area contributed by atoms with Gasteiger partial charge in [-0.25, -0.2) is 0 Å². The predicted octanol–water partition coefficient (Wildman–Crippen LogP) is 3.01. The summed E-state index contributed by atoms with van der Waals surface area (Å²) in [5.74, 6) is 1.43. The smallest absolute Gasteiger partial charge is 0.227 e. The lowest BCUT2D eigenvalue weighted by Gasteiger charge is -2.35. The van der Waals surface area contributed by atoms with Crippen LogP contribution < -0.4 is 10.1 Å². The van der Waals surface area contributed by atoms with E-state index in [2.05, 4.69) is 29.1 Å². The molecule has 0 radical (unpaired) electrons. The van der Waals surface area contributed by atoms with Crippen molar-refractivity contribution >= 4 is 17.5 Å². The van der Waals surface area contributed by atoms with E-state index in [4.69, 9.17) is 9.47 Å². The van der Waals surface area contributed by atoms with Gasteiger partial charge in [0.05, 0.1) is 32.3 Å². The molecule has 2 N–H and O–H groups in total. The number of aliphatic hydroxyl groups excluding tert-OH is 1. The van der Waals surface area contributed by atoms with Gasteiger partial charge < -0.3 is 29.7 Å². The molecular weight excluding hydrogens is 508 g/mol. The Morgan fingerprint density at radius 1 is 1.18 bits per heavy atom. The van der Waals surface area contributed by atoms with Crippen LogP contribution in [-0.2, 0) is 20.7 Å². The average molecular weight is 559 g/mol. The number of carbonyl (C=O) groups excluding carboxylic acids is 2. The number of nitrogens with one attached hydrogen (secondary N) is 1. The molecule has 9 nitrogen and oxygen atoms in total. The number of hydrogen-bond donors (Lipinski definition) is 2. The highest BCUT2D eigenvalue weighted by molar-refractivity contribution is 5.91. The molecule has 224 valence electrons. The maximum absolute atomic E-state index is 13.5. The van der Waals surface area contributed by atoms with Crippen LogP contribution >= 0.6 is 0 Å². The van der Waals surface area contributed by atoms with E-state index in [0.29, 0.717) is 44.2 Å². The minimum Gasteiger partial charge on any atom is -0.488 e. The lowest BCUT2D eigenvalue weighted by atomic mass is 9.89. The second-order valence-corrected chi connectivity index (χ2v) is 12.2. The number of ether oxygens (including phenoxy) is 2. The fourth-order valence-electron chi connectivity index (χ4n) is 6.23. The zero-order valence-electron chi connectivity index (χ0n) is 24.8. The molecule has 1 aliphatic carbocycles. The van der Waals surface area contributed by atoms with E-state index < -0.39 is 0 Å². The molecule has 1 saturated heterocycles. The van der Waals surface area contributed by atoms with Gasteiger partial charge in [-0.3, -0.25) is 14.5 Å². The van der Waals surface area contributed by atoms with Gasteiger partial charge in [0.15, 0.2) is 0 Å². The fraction of sp³-hybridized carbons (Fsp3) is 0.742. The highest BCUT2D eigenvalue weighted by atomic mass is 16.5. The molecule has 1 saturated carbocycles. The van der Waals surface area contributed by atoms with Gasteiger partial charge in [-0.2, -0.15) is 0 Å². The number of likely N-dealkylation sites (N-methyl/N-ethyl adjacent to an activating group) is 1. The second-order valence-electron chi connectivity index (χ2n) is 12.2. The van der Waals surface area contributed by atoms with Crippen molar-refractivity contribution in [1.82, 2.24) is 14.7 Å². The Hall–Kier alpha value is -2.20. The van der Waals surface area contributed by atoms with Crippen molar-refractivity contribution in [2.24, 2.45) is 11.8 Å². The number of carbonyl (C=O) groups is 2. The fourth-order valence-corrected chi connectivity index (χ4v) is 6.23. The van der Waals surface area contributed by atoms with Gasteiger partial charge in [0, 0.05) is 62.9 Å². The van der Waals surface area contributed by atoms with Gasteiger partial charge in [0.25, 0.3) is 0 Å². The first-order valence-corrected chi connectivity index (χ1v) is 15.3. The lowest BCUT2D eigenvalue weighted by molar-refractivity contribution is -0.134. The predicted molar refractivity (Wildman–Crippen MR) is 157 cm³/mol. The molecule has 0 aromatic heterocycles. The van der Waals surface area contributed by atoms with Crippen LogP contribution in [-0.4, -0.2) is 110 Å². The number of benzene rings is 1. The van der Waals surface area contributed by atoms with E-state index >= 15 is 0 Å². The Balaban J connectivity index is 1.47. The number of hydrogen-bond acceptors (Lipinski definition) is 7. The third-order valence-corrected chi connectivity index (χ3v) is 8.75. The molecule has 2 aliphatic heterocycles. The largest absolute Gasteiger partial charge is 0.488 e. The van der Waals surface area contributed by atoms with Crippen molar-refractivity contribution in [1.29, 1.82) is 0 Å². The van der Waals surface area contributed by atoms with Gasteiger partial charge in [-0.1, -0.05) is 26.2 Å². The van der Waals surface area contributed by atoms with Crippen LogP contribution in [0.25, 0.3) is 0 Å². The van der Waals surface area contributed by atoms with Gasteiger partial charge in [-0.05, 0) is 50.9 Å². The molecule has 9 heteroatoms. The van der Waals surface area contributed by atoms with Crippen molar-refractivity contribution in [3.8, 4) is 5.75 Å². The molecule has 2 amide bonds. The normalized spacial score (nSPS) is 24.0. The Bertz CT molecular complexity index is 963. The number of aliphatic hydroxyl groups is 1. The number of fused-ring (bicyclic) bond motifs is 1. The van der Waals surface area contributed by atoms with Crippen molar-refractivity contribution in [3.05, 3.63) is 23.8 Å². The van der Waals surface area contributed by atoms with Crippen molar-refractivity contribution in [2.45, 2.75) is 70.9 Å². The van der Waals surface area contributed by atoms with Crippen LogP contribution in [0.1, 0.15) is 57.9 Å². The molecule has 0 bridgehead atoms. The van der Waals surface area contributed by atoms with E-state index in [1.54, 1.807) is 4.90 Å². The Morgan fingerprint density at radius 3 is 2.65 bits per heavy atom. The van der Waals surface area contributed by atoms with Gasteiger partial charge in [0.2, 0.25) is 11.8 Å². The lowest BCUT2D eigenvalue weighted by Crippen LogP contribution is -2.48. The number of rotatable bonds is 10. The maximum Gasteiger partial charge on any atom is 0.227 e. The van der Waals surface area contributed by atoms with Crippen molar-refractivity contribution < 1.29 is 24.2 Å². The van der Waals surface area contributed by atoms with E-state index in [0.717, 1.165) is 37.7 Å². The van der Waals surface area contributed by atoms with E-state index in [9.17, 15) is 14.7 Å². The van der Waals surface area contributed by atoms with Crippen molar-refractivity contribution in [2.75, 3.05) is 71.5 Å². The van der Waals surface area contributed by atoms with Gasteiger partial charge in [0.1, 0.15) is 11.9 Å². The summed E-state index contributed by atoms with van der Waals surface area (Å²) in [6.45, 7) is 10.1. The zero-order chi connectivity index (χ0) is 28.5. The molecule has 2 heterocycles. The summed E-state index contributed by atoms with van der Waals surface area (Å²) in [5, 5.41) is 12.9. The van der Waals surface area contributed by atoms with Crippen LogP contribution in [0.15, 0.2) is 18.2 Å². The molecule has 0 unspecified atom stereocenters. The number of amides is 2. The Morgan fingerprint density at radius 2 is 1.93 bits per heavy atom.